The first-order chi connectivity index (χ1) is 13.3. The van der Waals surface area contributed by atoms with Crippen molar-refractivity contribution in [1.29, 1.82) is 0 Å². The molecule has 17 heteroatoms. The fourth-order valence-electron chi connectivity index (χ4n) is 2.74. The van der Waals surface area contributed by atoms with Gasteiger partial charge in [-0.05, 0) is 13.3 Å². The lowest BCUT2D eigenvalue weighted by atomic mass is 9.71. The first-order valence-corrected chi connectivity index (χ1v) is 7.62. The largest absolute Gasteiger partial charge is 0.449 e. The Hall–Kier alpha value is -1.78. The van der Waals surface area contributed by atoms with Gasteiger partial charge in [-0.1, -0.05) is 13.5 Å². The third-order valence-corrected chi connectivity index (χ3v) is 4.68. The minimum Gasteiger partial charge on any atom is -0.442 e. The number of rotatable bonds is 3. The molecule has 1 rings (SSSR count). The van der Waals surface area contributed by atoms with Crippen LogP contribution in [0.25, 0.3) is 0 Å². The highest BCUT2D eigenvalue weighted by Crippen LogP contribution is 2.66. The Morgan fingerprint density at radius 3 is 1.65 bits per heavy atom. The second kappa shape index (κ2) is 6.86. The summed E-state index contributed by atoms with van der Waals surface area (Å²) in [6.45, 7) is 1.18. The predicted octanol–water partition coefficient (Wildman–Crippen LogP) is 4.67. The van der Waals surface area contributed by atoms with Gasteiger partial charge in [0.05, 0.1) is 0 Å². The molecule has 0 aromatic heterocycles. The van der Waals surface area contributed by atoms with Gasteiger partial charge in [0, 0.05) is 0 Å². The summed E-state index contributed by atoms with van der Waals surface area (Å²) in [6, 6.07) is 0. The summed E-state index contributed by atoms with van der Waals surface area (Å²) in [6.07, 6.45) is -21.7. The average molecular weight is 490 g/mol. The molecule has 0 radical (unpaired) electrons. The summed E-state index contributed by atoms with van der Waals surface area (Å²) in [7, 11) is 0. The smallest absolute Gasteiger partial charge is 0.442 e. The van der Waals surface area contributed by atoms with Crippen molar-refractivity contribution in [2.45, 2.75) is 67.6 Å². The summed E-state index contributed by atoms with van der Waals surface area (Å²) in [5.74, 6) is -22.7. The lowest BCUT2D eigenvalue weighted by molar-refractivity contribution is -0.556. The first kappa shape index (κ1) is 27.3. The van der Waals surface area contributed by atoms with Crippen LogP contribution in [-0.4, -0.2) is 58.4 Å². The Balaban J connectivity index is 3.99. The molecular weight excluding hydrogens is 479 g/mol. The number of aliphatic hydroxyl groups is 1. The van der Waals surface area contributed by atoms with E-state index in [4.69, 9.17) is 0 Å². The Bertz CT molecular complexity index is 753. The molecule has 3 unspecified atom stereocenters. The average Bonchev–Trinajstić information content (AvgIpc) is 2.53. The molecule has 1 fully saturated rings. The van der Waals surface area contributed by atoms with Gasteiger partial charge in [-0.3, -0.25) is 0 Å². The summed E-state index contributed by atoms with van der Waals surface area (Å²) in [4.78, 5) is 11.5. The molecule has 0 bridgehead atoms. The molecule has 1 aliphatic rings. The van der Waals surface area contributed by atoms with Crippen molar-refractivity contribution in [2.24, 2.45) is 0 Å². The van der Waals surface area contributed by atoms with Crippen molar-refractivity contribution in [3.63, 3.8) is 0 Å². The molecule has 0 aliphatic carbocycles. The van der Waals surface area contributed by atoms with E-state index in [9.17, 15) is 67.0 Å². The Labute approximate surface area is 163 Å². The van der Waals surface area contributed by atoms with Gasteiger partial charge in [0.1, 0.15) is 5.57 Å². The Morgan fingerprint density at radius 2 is 1.35 bits per heavy atom. The van der Waals surface area contributed by atoms with Gasteiger partial charge in [-0.25, -0.2) is 4.79 Å². The molecule has 3 atom stereocenters. The lowest BCUT2D eigenvalue weighted by Gasteiger charge is -2.59. The van der Waals surface area contributed by atoms with E-state index in [0.717, 1.165) is 0 Å². The van der Waals surface area contributed by atoms with Gasteiger partial charge in [-0.15, -0.1) is 0 Å². The van der Waals surface area contributed by atoms with E-state index in [0.29, 0.717) is 0 Å². The van der Waals surface area contributed by atoms with Crippen LogP contribution in [0, 0.1) is 0 Å². The van der Waals surface area contributed by atoms with E-state index in [1.807, 2.05) is 6.58 Å². The van der Waals surface area contributed by atoms with E-state index in [2.05, 4.69) is 9.47 Å². The van der Waals surface area contributed by atoms with Gasteiger partial charge >= 0.3 is 42.1 Å². The van der Waals surface area contributed by atoms with Crippen LogP contribution in [0.2, 0.25) is 0 Å². The van der Waals surface area contributed by atoms with Gasteiger partial charge in [-0.2, -0.15) is 57.1 Å². The van der Waals surface area contributed by atoms with Crippen LogP contribution >= 0.6 is 0 Å². The molecule has 1 saturated heterocycles. The fraction of sp³-hybridized carbons (Fsp3) is 0.786. The number of alkyl halides is 13. The summed E-state index contributed by atoms with van der Waals surface area (Å²) in [5, 5.41) is 9.38. The predicted molar refractivity (Wildman–Crippen MR) is 70.8 cm³/mol. The maximum Gasteiger partial charge on any atom is 0.449 e. The normalized spacial score (nSPS) is 33.7. The molecule has 0 spiro atoms. The van der Waals surface area contributed by atoms with Crippen LogP contribution in [0.4, 0.5) is 57.1 Å². The van der Waals surface area contributed by atoms with Crippen molar-refractivity contribution in [3.8, 4) is 0 Å². The van der Waals surface area contributed by atoms with Gasteiger partial charge in [0.25, 0.3) is 0 Å². The molecule has 31 heavy (non-hydrogen) atoms. The maximum atomic E-state index is 14.8. The molecule has 4 nitrogen and oxygen atoms in total. The van der Waals surface area contributed by atoms with Crippen LogP contribution in [0.1, 0.15) is 20.3 Å². The monoisotopic (exact) mass is 490 g/mol. The van der Waals surface area contributed by atoms with Crippen molar-refractivity contribution in [1.82, 2.24) is 0 Å². The van der Waals surface area contributed by atoms with Crippen LogP contribution in [0.3, 0.4) is 0 Å². The maximum absolute atomic E-state index is 14.8. The van der Waals surface area contributed by atoms with Crippen LogP contribution in [0.5, 0.6) is 0 Å². The standard InChI is InChI=1S/C14H11F13O4/c1-4-8(13(22,23)24)10(18,19)7(3,30-6(28)5(2)9(15,16)17)11(20,21)12(29,31-8)14(25,26)27/h29H,2,4H2,1,3H3. The highest BCUT2D eigenvalue weighted by atomic mass is 19.4. The molecule has 0 amide bonds. The molecular formula is C14H11F13O4. The number of carbonyl (C=O) groups is 1. The van der Waals surface area contributed by atoms with Crippen molar-refractivity contribution < 1.29 is 76.5 Å². The van der Waals surface area contributed by atoms with Crippen molar-refractivity contribution in [3.05, 3.63) is 12.2 Å². The summed E-state index contributed by atoms with van der Waals surface area (Å²) < 4.78 is 182. The second-order valence-electron chi connectivity index (χ2n) is 6.47. The summed E-state index contributed by atoms with van der Waals surface area (Å²) in [5.41, 5.74) is -14.1. The van der Waals surface area contributed by atoms with E-state index in [1.165, 1.54) is 0 Å². The Morgan fingerprint density at radius 1 is 0.935 bits per heavy atom. The molecule has 1 heterocycles. The number of hydrogen-bond donors (Lipinski definition) is 1. The zero-order valence-electron chi connectivity index (χ0n) is 15.0. The number of esters is 1. The van der Waals surface area contributed by atoms with E-state index in [-0.39, 0.29) is 6.92 Å². The zero-order valence-corrected chi connectivity index (χ0v) is 15.0. The second-order valence-corrected chi connectivity index (χ2v) is 6.47. The topological polar surface area (TPSA) is 55.8 Å². The molecule has 0 saturated carbocycles. The molecule has 1 aliphatic heterocycles. The van der Waals surface area contributed by atoms with Gasteiger partial charge in [0.15, 0.2) is 0 Å². The molecule has 0 aromatic rings. The van der Waals surface area contributed by atoms with Crippen LogP contribution in [0.15, 0.2) is 12.2 Å². The van der Waals surface area contributed by atoms with Gasteiger partial charge in [0.2, 0.25) is 11.2 Å². The third-order valence-electron chi connectivity index (χ3n) is 4.68. The number of halogens is 13. The first-order valence-electron chi connectivity index (χ1n) is 7.62. The number of hydrogen-bond acceptors (Lipinski definition) is 4. The zero-order chi connectivity index (χ0) is 25.3. The van der Waals surface area contributed by atoms with Crippen LogP contribution in [-0.2, 0) is 14.3 Å². The highest BCUT2D eigenvalue weighted by Gasteiger charge is 2.95. The van der Waals surface area contributed by atoms with E-state index in [1.54, 1.807) is 0 Å². The number of ether oxygens (including phenoxy) is 2. The third kappa shape index (κ3) is 3.34. The minimum absolute atomic E-state index is 0.0958. The molecule has 0 aromatic carbocycles. The highest BCUT2D eigenvalue weighted by molar-refractivity contribution is 5.89. The molecule has 182 valence electrons. The Kier molecular flexibility index (Phi) is 6.03. The van der Waals surface area contributed by atoms with Gasteiger partial charge < -0.3 is 14.6 Å². The van der Waals surface area contributed by atoms with Crippen molar-refractivity contribution in [2.75, 3.05) is 0 Å². The molecule has 1 N–H and O–H groups in total. The number of carbonyl (C=O) groups excluding carboxylic acids is 1. The minimum atomic E-state index is -6.94. The van der Waals surface area contributed by atoms with Crippen LogP contribution < -0.4 is 0 Å². The SMILES string of the molecule is C=C(C(=O)OC1(C)C(F)(F)C(O)(C(F)(F)F)OC(CC)(C(F)(F)F)C1(F)F)C(F)(F)F. The van der Waals surface area contributed by atoms with E-state index >= 15 is 0 Å². The van der Waals surface area contributed by atoms with Crippen molar-refractivity contribution >= 4 is 5.97 Å². The summed E-state index contributed by atoms with van der Waals surface area (Å²) >= 11 is 0. The van der Waals surface area contributed by atoms with E-state index < -0.39 is 72.3 Å². The lowest BCUT2D eigenvalue weighted by Crippen LogP contribution is -2.87. The quantitative estimate of drug-likeness (QED) is 0.355. The fourth-order valence-corrected chi connectivity index (χ4v) is 2.74.